The lowest BCUT2D eigenvalue weighted by Crippen LogP contribution is -2.42. The van der Waals surface area contributed by atoms with Gasteiger partial charge in [0.05, 0.1) is 16.2 Å². The summed E-state index contributed by atoms with van der Waals surface area (Å²) in [4.78, 5) is 11.9. The molecule has 0 bridgehead atoms. The second-order valence-electron chi connectivity index (χ2n) is 5.79. The summed E-state index contributed by atoms with van der Waals surface area (Å²) < 4.78 is 24.1. The van der Waals surface area contributed by atoms with Crippen LogP contribution in [-0.2, 0) is 14.6 Å². The van der Waals surface area contributed by atoms with E-state index in [2.05, 4.69) is 5.32 Å². The largest absolute Gasteiger partial charge is 0.388 e. The van der Waals surface area contributed by atoms with Crippen LogP contribution >= 0.6 is 0 Å². The standard InChI is InChI=1S/C15H21NO4S/c1-15(18,12-7-8-12)11-16-14(17)9-10-21(19,20)13-5-3-2-4-6-13/h2-6,12,18H,7-11H2,1H3,(H,16,17). The van der Waals surface area contributed by atoms with E-state index in [4.69, 9.17) is 0 Å². The van der Waals surface area contributed by atoms with Crippen LogP contribution in [0.1, 0.15) is 26.2 Å². The third-order valence-corrected chi connectivity index (χ3v) is 5.53. The van der Waals surface area contributed by atoms with Crippen molar-refractivity contribution in [3.05, 3.63) is 30.3 Å². The average molecular weight is 311 g/mol. The van der Waals surface area contributed by atoms with E-state index in [-0.39, 0.29) is 35.4 Å². The van der Waals surface area contributed by atoms with Gasteiger partial charge in [0.1, 0.15) is 0 Å². The van der Waals surface area contributed by atoms with Crippen LogP contribution in [0.5, 0.6) is 0 Å². The van der Waals surface area contributed by atoms with Gasteiger partial charge < -0.3 is 10.4 Å². The number of amides is 1. The molecule has 0 radical (unpaired) electrons. The van der Waals surface area contributed by atoms with Crippen LogP contribution in [0.3, 0.4) is 0 Å². The number of carbonyl (C=O) groups excluding carboxylic acids is 1. The first-order valence-electron chi connectivity index (χ1n) is 7.08. The molecule has 0 heterocycles. The molecule has 1 amide bonds. The molecule has 1 aliphatic rings. The quantitative estimate of drug-likeness (QED) is 0.790. The zero-order valence-electron chi connectivity index (χ0n) is 12.1. The number of nitrogens with one attached hydrogen (secondary N) is 1. The van der Waals surface area contributed by atoms with Crippen molar-refractivity contribution in [1.29, 1.82) is 0 Å². The summed E-state index contributed by atoms with van der Waals surface area (Å²) in [6.45, 7) is 1.87. The van der Waals surface area contributed by atoms with Gasteiger partial charge in [0, 0.05) is 13.0 Å². The van der Waals surface area contributed by atoms with E-state index in [0.29, 0.717) is 0 Å². The highest BCUT2D eigenvalue weighted by molar-refractivity contribution is 7.91. The van der Waals surface area contributed by atoms with Crippen LogP contribution in [0.25, 0.3) is 0 Å². The highest BCUT2D eigenvalue weighted by Crippen LogP contribution is 2.38. The molecule has 1 aliphatic carbocycles. The molecule has 116 valence electrons. The monoisotopic (exact) mass is 311 g/mol. The molecule has 1 atom stereocenters. The summed E-state index contributed by atoms with van der Waals surface area (Å²) in [5.74, 6) is -0.338. The normalized spacial score (nSPS) is 18.0. The van der Waals surface area contributed by atoms with Gasteiger partial charge in [-0.15, -0.1) is 0 Å². The van der Waals surface area contributed by atoms with Crippen molar-refractivity contribution in [2.45, 2.75) is 36.7 Å². The smallest absolute Gasteiger partial charge is 0.221 e. The predicted octanol–water partition coefficient (Wildman–Crippen LogP) is 1.13. The average Bonchev–Trinajstić information content (AvgIpc) is 3.29. The van der Waals surface area contributed by atoms with Crippen molar-refractivity contribution >= 4 is 15.7 Å². The Bertz CT molecular complexity index is 591. The first-order chi connectivity index (χ1) is 9.81. The molecule has 1 saturated carbocycles. The van der Waals surface area contributed by atoms with E-state index in [1.807, 2.05) is 0 Å². The molecule has 1 unspecified atom stereocenters. The van der Waals surface area contributed by atoms with E-state index in [9.17, 15) is 18.3 Å². The lowest BCUT2D eigenvalue weighted by Gasteiger charge is -2.23. The molecule has 6 heteroatoms. The maximum atomic E-state index is 12.0. The molecule has 0 aromatic heterocycles. The third kappa shape index (κ3) is 4.54. The van der Waals surface area contributed by atoms with Gasteiger partial charge in [-0.2, -0.15) is 0 Å². The Morgan fingerprint density at radius 3 is 2.52 bits per heavy atom. The fraction of sp³-hybridized carbons (Fsp3) is 0.533. The summed E-state index contributed by atoms with van der Waals surface area (Å²) in [5, 5.41) is 12.7. The van der Waals surface area contributed by atoms with E-state index >= 15 is 0 Å². The van der Waals surface area contributed by atoms with Crippen LogP contribution in [0, 0.1) is 5.92 Å². The fourth-order valence-electron chi connectivity index (χ4n) is 2.19. The van der Waals surface area contributed by atoms with Crippen molar-refractivity contribution in [3.63, 3.8) is 0 Å². The Balaban J connectivity index is 1.81. The number of benzene rings is 1. The first-order valence-corrected chi connectivity index (χ1v) is 8.73. The number of carbonyl (C=O) groups is 1. The number of rotatable bonds is 7. The van der Waals surface area contributed by atoms with E-state index < -0.39 is 15.4 Å². The Hall–Kier alpha value is -1.40. The van der Waals surface area contributed by atoms with Crippen LogP contribution in [0.2, 0.25) is 0 Å². The Kier molecular flexibility index (Phi) is 4.68. The maximum Gasteiger partial charge on any atom is 0.221 e. The summed E-state index contributed by atoms with van der Waals surface area (Å²) >= 11 is 0. The lowest BCUT2D eigenvalue weighted by atomic mass is 10.0. The van der Waals surface area contributed by atoms with Crippen molar-refractivity contribution < 1.29 is 18.3 Å². The minimum absolute atomic E-state index is 0.0992. The number of hydrogen-bond acceptors (Lipinski definition) is 4. The van der Waals surface area contributed by atoms with Gasteiger partial charge in [0.2, 0.25) is 5.91 Å². The molecule has 0 spiro atoms. The van der Waals surface area contributed by atoms with Crippen LogP contribution < -0.4 is 5.32 Å². The molecule has 1 aromatic rings. The summed E-state index contributed by atoms with van der Waals surface area (Å²) in [6, 6.07) is 8.08. The van der Waals surface area contributed by atoms with Gasteiger partial charge in [0.25, 0.3) is 0 Å². The minimum atomic E-state index is -3.44. The number of aliphatic hydroxyl groups is 1. The zero-order valence-corrected chi connectivity index (χ0v) is 12.9. The summed E-state index contributed by atoms with van der Waals surface area (Å²) in [5.41, 5.74) is -0.895. The van der Waals surface area contributed by atoms with Crippen LogP contribution in [-0.4, -0.2) is 37.3 Å². The molecule has 0 saturated heterocycles. The van der Waals surface area contributed by atoms with Gasteiger partial charge in [-0.05, 0) is 37.8 Å². The van der Waals surface area contributed by atoms with E-state index in [0.717, 1.165) is 12.8 Å². The molecule has 21 heavy (non-hydrogen) atoms. The second kappa shape index (κ2) is 6.15. The van der Waals surface area contributed by atoms with Gasteiger partial charge in [-0.25, -0.2) is 8.42 Å². The molecule has 2 N–H and O–H groups in total. The zero-order chi connectivity index (χ0) is 15.5. The van der Waals surface area contributed by atoms with Crippen molar-refractivity contribution in [3.8, 4) is 0 Å². The molecule has 0 aliphatic heterocycles. The van der Waals surface area contributed by atoms with Crippen molar-refractivity contribution in [1.82, 2.24) is 5.32 Å². The maximum absolute atomic E-state index is 12.0. The molecule has 2 rings (SSSR count). The summed E-state index contributed by atoms with van der Waals surface area (Å²) in [7, 11) is -3.44. The number of sulfone groups is 1. The fourth-order valence-corrected chi connectivity index (χ4v) is 3.45. The van der Waals surface area contributed by atoms with E-state index in [1.54, 1.807) is 25.1 Å². The summed E-state index contributed by atoms with van der Waals surface area (Å²) in [6.07, 6.45) is 1.86. The minimum Gasteiger partial charge on any atom is -0.388 e. The van der Waals surface area contributed by atoms with Gasteiger partial charge in [0.15, 0.2) is 9.84 Å². The van der Waals surface area contributed by atoms with Crippen LogP contribution in [0.15, 0.2) is 35.2 Å². The number of hydrogen-bond donors (Lipinski definition) is 2. The van der Waals surface area contributed by atoms with Gasteiger partial charge in [-0.3, -0.25) is 4.79 Å². The van der Waals surface area contributed by atoms with Crippen molar-refractivity contribution in [2.75, 3.05) is 12.3 Å². The molecular formula is C15H21NO4S. The van der Waals surface area contributed by atoms with E-state index in [1.165, 1.54) is 12.1 Å². The topological polar surface area (TPSA) is 83.5 Å². The Labute approximate surface area is 125 Å². The highest BCUT2D eigenvalue weighted by atomic mass is 32.2. The SMILES string of the molecule is CC(O)(CNC(=O)CCS(=O)(=O)c1ccccc1)C1CC1. The molecule has 5 nitrogen and oxygen atoms in total. The molecular weight excluding hydrogens is 290 g/mol. The third-order valence-electron chi connectivity index (χ3n) is 3.80. The Morgan fingerprint density at radius 2 is 1.95 bits per heavy atom. The molecule has 1 fully saturated rings. The highest BCUT2D eigenvalue weighted by Gasteiger charge is 2.39. The van der Waals surface area contributed by atoms with Gasteiger partial charge >= 0.3 is 0 Å². The van der Waals surface area contributed by atoms with Gasteiger partial charge in [-0.1, -0.05) is 18.2 Å². The Morgan fingerprint density at radius 1 is 1.33 bits per heavy atom. The van der Waals surface area contributed by atoms with Crippen LogP contribution in [0.4, 0.5) is 0 Å². The molecule has 1 aromatic carbocycles. The predicted molar refractivity (Wildman–Crippen MR) is 79.5 cm³/mol. The lowest BCUT2D eigenvalue weighted by molar-refractivity contribution is -0.122. The van der Waals surface area contributed by atoms with Crippen molar-refractivity contribution in [2.24, 2.45) is 5.92 Å². The first kappa shape index (κ1) is 16.0. The second-order valence-corrected chi connectivity index (χ2v) is 7.90.